The summed E-state index contributed by atoms with van der Waals surface area (Å²) in [5, 5.41) is 0. The summed E-state index contributed by atoms with van der Waals surface area (Å²) in [7, 11) is 1.21. The highest BCUT2D eigenvalue weighted by Gasteiger charge is 2.30. The van der Waals surface area contributed by atoms with Crippen LogP contribution in [0.5, 0.6) is 0 Å². The van der Waals surface area contributed by atoms with Crippen molar-refractivity contribution in [1.29, 1.82) is 0 Å². The minimum atomic E-state index is -1.67. The third-order valence-electron chi connectivity index (χ3n) is 3.88. The molecule has 0 aliphatic carbocycles. The van der Waals surface area contributed by atoms with Crippen molar-refractivity contribution >= 4 is 5.97 Å². The lowest BCUT2D eigenvalue weighted by Crippen LogP contribution is -2.42. The fourth-order valence-corrected chi connectivity index (χ4v) is 2.47. The Hall–Kier alpha value is -2.20. The quantitative estimate of drug-likeness (QED) is 0.731. The van der Waals surface area contributed by atoms with E-state index < -0.39 is 18.2 Å². The number of rotatable bonds is 7. The number of halogens is 1. The molecular formula is C19H22FNO2. The van der Waals surface area contributed by atoms with E-state index in [1.54, 1.807) is 6.92 Å². The Balaban J connectivity index is 2.18. The van der Waals surface area contributed by atoms with Gasteiger partial charge in [0.05, 0.1) is 7.11 Å². The molecule has 0 aromatic heterocycles. The lowest BCUT2D eigenvalue weighted by atomic mass is 10.1. The van der Waals surface area contributed by atoms with Crippen LogP contribution < -0.4 is 0 Å². The molecule has 2 rings (SSSR count). The molecule has 2 aromatic rings. The maximum atomic E-state index is 14.3. The van der Waals surface area contributed by atoms with Crippen LogP contribution in [0.2, 0.25) is 0 Å². The van der Waals surface area contributed by atoms with Gasteiger partial charge >= 0.3 is 5.97 Å². The highest BCUT2D eigenvalue weighted by Crippen LogP contribution is 2.17. The fourth-order valence-electron chi connectivity index (χ4n) is 2.47. The van der Waals surface area contributed by atoms with E-state index in [-0.39, 0.29) is 0 Å². The zero-order valence-electron chi connectivity index (χ0n) is 13.5. The molecule has 4 heteroatoms. The number of esters is 1. The Morgan fingerprint density at radius 3 is 1.83 bits per heavy atom. The minimum absolute atomic E-state index is 0.564. The minimum Gasteiger partial charge on any atom is -0.467 e. The van der Waals surface area contributed by atoms with Crippen molar-refractivity contribution in [3.8, 4) is 0 Å². The zero-order chi connectivity index (χ0) is 16.7. The van der Waals surface area contributed by atoms with Crippen LogP contribution in [0.4, 0.5) is 4.39 Å². The third-order valence-corrected chi connectivity index (χ3v) is 3.88. The number of hydrogen-bond donors (Lipinski definition) is 0. The first kappa shape index (κ1) is 17.2. The highest BCUT2D eigenvalue weighted by molar-refractivity contribution is 5.75. The molecule has 0 radical (unpaired) electrons. The second kappa shape index (κ2) is 8.44. The number of carbonyl (C=O) groups excluding carboxylic acids is 1. The van der Waals surface area contributed by atoms with Gasteiger partial charge in [-0.25, -0.2) is 9.18 Å². The molecule has 0 heterocycles. The number of methoxy groups -OCH3 is 1. The molecule has 0 N–H and O–H groups in total. The van der Waals surface area contributed by atoms with Gasteiger partial charge in [0, 0.05) is 19.1 Å². The van der Waals surface area contributed by atoms with Crippen LogP contribution in [0.15, 0.2) is 60.7 Å². The number of ether oxygens (including phenoxy) is 1. The summed E-state index contributed by atoms with van der Waals surface area (Å²) in [4.78, 5) is 13.5. The molecule has 0 aliphatic heterocycles. The van der Waals surface area contributed by atoms with Gasteiger partial charge in [0.25, 0.3) is 0 Å². The topological polar surface area (TPSA) is 29.5 Å². The monoisotopic (exact) mass is 315 g/mol. The van der Waals surface area contributed by atoms with E-state index in [9.17, 15) is 9.18 Å². The molecule has 2 aromatic carbocycles. The summed E-state index contributed by atoms with van der Waals surface area (Å²) in [6.07, 6.45) is -1.67. The molecule has 0 amide bonds. The number of carbonyl (C=O) groups is 1. The van der Waals surface area contributed by atoms with Crippen molar-refractivity contribution in [2.45, 2.75) is 32.2 Å². The van der Waals surface area contributed by atoms with E-state index in [0.29, 0.717) is 13.1 Å². The highest BCUT2D eigenvalue weighted by atomic mass is 19.1. The Labute approximate surface area is 136 Å². The molecule has 0 fully saturated rings. The van der Waals surface area contributed by atoms with Gasteiger partial charge < -0.3 is 4.74 Å². The average molecular weight is 315 g/mol. The maximum Gasteiger partial charge on any atom is 0.342 e. The van der Waals surface area contributed by atoms with E-state index in [4.69, 9.17) is 0 Å². The largest absolute Gasteiger partial charge is 0.467 e. The molecule has 0 unspecified atom stereocenters. The Kier molecular flexibility index (Phi) is 6.29. The SMILES string of the molecule is COC(=O)[C@H](F)[C@H](C)N(Cc1ccccc1)Cc1ccccc1. The molecule has 0 aliphatic rings. The summed E-state index contributed by atoms with van der Waals surface area (Å²) >= 11 is 0. The van der Waals surface area contributed by atoms with Crippen LogP contribution in [0.3, 0.4) is 0 Å². The summed E-state index contributed by atoms with van der Waals surface area (Å²) in [6, 6.07) is 19.1. The van der Waals surface area contributed by atoms with E-state index in [2.05, 4.69) is 4.74 Å². The summed E-state index contributed by atoms with van der Waals surface area (Å²) in [5.74, 6) is -0.830. The smallest absolute Gasteiger partial charge is 0.342 e. The molecule has 2 atom stereocenters. The second-order valence-corrected chi connectivity index (χ2v) is 5.54. The van der Waals surface area contributed by atoms with Crippen molar-refractivity contribution in [2.75, 3.05) is 7.11 Å². The molecule has 23 heavy (non-hydrogen) atoms. The molecule has 0 spiro atoms. The molecule has 3 nitrogen and oxygen atoms in total. The third kappa shape index (κ3) is 4.89. The summed E-state index contributed by atoms with van der Waals surface area (Å²) in [6.45, 7) is 2.84. The van der Waals surface area contributed by atoms with Gasteiger partial charge in [0.15, 0.2) is 0 Å². The zero-order valence-corrected chi connectivity index (χ0v) is 13.5. The van der Waals surface area contributed by atoms with Gasteiger partial charge in [0.2, 0.25) is 6.17 Å². The van der Waals surface area contributed by atoms with Crippen LogP contribution in [-0.4, -0.2) is 30.2 Å². The summed E-state index contributed by atoms with van der Waals surface area (Å²) < 4.78 is 18.9. The maximum absolute atomic E-state index is 14.3. The van der Waals surface area contributed by atoms with E-state index >= 15 is 0 Å². The van der Waals surface area contributed by atoms with Gasteiger partial charge in [-0.2, -0.15) is 0 Å². The second-order valence-electron chi connectivity index (χ2n) is 5.54. The summed E-state index contributed by atoms with van der Waals surface area (Å²) in [5.41, 5.74) is 2.15. The van der Waals surface area contributed by atoms with E-state index in [1.165, 1.54) is 7.11 Å². The van der Waals surface area contributed by atoms with E-state index in [1.807, 2.05) is 65.6 Å². The molecule has 0 saturated carbocycles. The first-order chi connectivity index (χ1) is 11.1. The predicted octanol–water partition coefficient (Wildman–Crippen LogP) is 3.59. The lowest BCUT2D eigenvalue weighted by molar-refractivity contribution is -0.149. The molecular weight excluding hydrogens is 293 g/mol. The van der Waals surface area contributed by atoms with Crippen molar-refractivity contribution in [2.24, 2.45) is 0 Å². The van der Waals surface area contributed by atoms with E-state index in [0.717, 1.165) is 11.1 Å². The molecule has 0 bridgehead atoms. The van der Waals surface area contributed by atoms with Gasteiger partial charge in [-0.3, -0.25) is 4.90 Å². The normalized spacial score (nSPS) is 13.6. The van der Waals surface area contributed by atoms with Crippen molar-refractivity contribution in [3.05, 3.63) is 71.8 Å². The van der Waals surface area contributed by atoms with Crippen LogP contribution in [-0.2, 0) is 22.6 Å². The van der Waals surface area contributed by atoms with Crippen molar-refractivity contribution < 1.29 is 13.9 Å². The Bertz CT molecular complexity index is 562. The predicted molar refractivity (Wildman–Crippen MR) is 88.5 cm³/mol. The molecule has 0 saturated heterocycles. The van der Waals surface area contributed by atoms with Crippen LogP contribution in [0.25, 0.3) is 0 Å². The van der Waals surface area contributed by atoms with Gasteiger partial charge in [-0.15, -0.1) is 0 Å². The number of hydrogen-bond acceptors (Lipinski definition) is 3. The van der Waals surface area contributed by atoms with Gasteiger partial charge in [0.1, 0.15) is 0 Å². The average Bonchev–Trinajstić information content (AvgIpc) is 2.61. The van der Waals surface area contributed by atoms with Crippen LogP contribution in [0, 0.1) is 0 Å². The fraction of sp³-hybridized carbons (Fsp3) is 0.316. The first-order valence-corrected chi connectivity index (χ1v) is 7.65. The number of alkyl halides is 1. The number of benzene rings is 2. The van der Waals surface area contributed by atoms with Gasteiger partial charge in [-0.05, 0) is 18.1 Å². The Morgan fingerprint density at radius 2 is 1.43 bits per heavy atom. The van der Waals surface area contributed by atoms with Crippen LogP contribution in [0.1, 0.15) is 18.1 Å². The Morgan fingerprint density at radius 1 is 1.00 bits per heavy atom. The van der Waals surface area contributed by atoms with Gasteiger partial charge in [-0.1, -0.05) is 60.7 Å². The van der Waals surface area contributed by atoms with Crippen LogP contribution >= 0.6 is 0 Å². The first-order valence-electron chi connectivity index (χ1n) is 7.65. The molecule has 122 valence electrons. The lowest BCUT2D eigenvalue weighted by Gasteiger charge is -2.30. The number of nitrogens with zero attached hydrogens (tertiary/aromatic N) is 1. The van der Waals surface area contributed by atoms with Crippen molar-refractivity contribution in [1.82, 2.24) is 4.90 Å². The standard InChI is InChI=1S/C19H22FNO2/c1-15(18(20)19(22)23-2)21(13-16-9-5-3-6-10-16)14-17-11-7-4-8-12-17/h3-12,15,18H,13-14H2,1-2H3/t15-,18+/m0/s1. The van der Waals surface area contributed by atoms with Crippen molar-refractivity contribution in [3.63, 3.8) is 0 Å².